The van der Waals surface area contributed by atoms with E-state index >= 15 is 0 Å². The van der Waals surface area contributed by atoms with Gasteiger partial charge < -0.3 is 24.0 Å². The molecule has 1 amide bonds. The van der Waals surface area contributed by atoms with Gasteiger partial charge in [0.15, 0.2) is 11.5 Å². The van der Waals surface area contributed by atoms with Gasteiger partial charge >= 0.3 is 0 Å². The number of hydrogen-bond donors (Lipinski definition) is 0. The van der Waals surface area contributed by atoms with Crippen LogP contribution in [0.5, 0.6) is 11.5 Å². The molecule has 0 spiro atoms. The molecule has 1 aliphatic rings. The Kier molecular flexibility index (Phi) is 7.47. The van der Waals surface area contributed by atoms with Crippen LogP contribution in [0.2, 0.25) is 0 Å². The van der Waals surface area contributed by atoms with Crippen LogP contribution in [0.3, 0.4) is 0 Å². The molecule has 0 radical (unpaired) electrons. The minimum absolute atomic E-state index is 0.0697. The molecule has 0 saturated carbocycles. The normalized spacial score (nSPS) is 13.5. The van der Waals surface area contributed by atoms with Crippen LogP contribution in [0.4, 0.5) is 5.69 Å². The number of rotatable bonds is 8. The Balaban J connectivity index is 1.45. The number of anilines is 1. The van der Waals surface area contributed by atoms with E-state index in [1.54, 1.807) is 30.2 Å². The monoisotopic (exact) mass is 446 g/mol. The van der Waals surface area contributed by atoms with Gasteiger partial charge in [-0.2, -0.15) is 0 Å². The summed E-state index contributed by atoms with van der Waals surface area (Å²) in [6, 6.07) is 23.5. The standard InChI is InChI=1S/C27H30N2O4/c1-28(19-23-10-6-7-11-24(23)29-14-16-32-17-15-29)27(30)22-12-13-25(26(18-22)31-2)33-20-21-8-4-3-5-9-21/h3-13,18H,14-17,19-20H2,1-2H3. The zero-order valence-electron chi connectivity index (χ0n) is 19.2. The highest BCUT2D eigenvalue weighted by Gasteiger charge is 2.19. The third-order valence-electron chi connectivity index (χ3n) is 5.75. The number of para-hydroxylation sites is 1. The number of amides is 1. The molecule has 3 aromatic carbocycles. The number of methoxy groups -OCH3 is 1. The highest BCUT2D eigenvalue weighted by Crippen LogP contribution is 2.30. The lowest BCUT2D eigenvalue weighted by Gasteiger charge is -2.31. The van der Waals surface area contributed by atoms with Crippen LogP contribution in [0, 0.1) is 0 Å². The van der Waals surface area contributed by atoms with Crippen LogP contribution in [0.25, 0.3) is 0 Å². The van der Waals surface area contributed by atoms with Gasteiger partial charge in [0, 0.05) is 37.9 Å². The lowest BCUT2D eigenvalue weighted by Crippen LogP contribution is -2.37. The van der Waals surface area contributed by atoms with Gasteiger partial charge in [0.2, 0.25) is 0 Å². The third kappa shape index (κ3) is 5.65. The maximum absolute atomic E-state index is 13.2. The van der Waals surface area contributed by atoms with Crippen LogP contribution in [0.15, 0.2) is 72.8 Å². The molecule has 0 N–H and O–H groups in total. The fourth-order valence-electron chi connectivity index (χ4n) is 3.96. The molecule has 1 heterocycles. The van der Waals surface area contributed by atoms with E-state index < -0.39 is 0 Å². The fraction of sp³-hybridized carbons (Fsp3) is 0.296. The predicted octanol–water partition coefficient (Wildman–Crippen LogP) is 4.38. The predicted molar refractivity (Wildman–Crippen MR) is 129 cm³/mol. The number of hydrogen-bond acceptors (Lipinski definition) is 5. The van der Waals surface area contributed by atoms with E-state index in [0.717, 1.165) is 43.1 Å². The van der Waals surface area contributed by atoms with Crippen molar-refractivity contribution in [1.29, 1.82) is 0 Å². The Morgan fingerprint density at radius 3 is 2.45 bits per heavy atom. The summed E-state index contributed by atoms with van der Waals surface area (Å²) in [4.78, 5) is 17.2. The van der Waals surface area contributed by atoms with Crippen molar-refractivity contribution in [1.82, 2.24) is 4.90 Å². The van der Waals surface area contributed by atoms with Gasteiger partial charge in [-0.3, -0.25) is 4.79 Å². The highest BCUT2D eigenvalue weighted by atomic mass is 16.5. The number of carbonyl (C=O) groups is 1. The van der Waals surface area contributed by atoms with E-state index in [1.807, 2.05) is 49.5 Å². The van der Waals surface area contributed by atoms with Crippen LogP contribution in [-0.2, 0) is 17.9 Å². The fourth-order valence-corrected chi connectivity index (χ4v) is 3.96. The molecule has 0 aliphatic carbocycles. The summed E-state index contributed by atoms with van der Waals surface area (Å²) < 4.78 is 16.9. The van der Waals surface area contributed by atoms with E-state index in [0.29, 0.717) is 30.2 Å². The first-order valence-corrected chi connectivity index (χ1v) is 11.2. The molecule has 0 bridgehead atoms. The van der Waals surface area contributed by atoms with Gasteiger partial charge in [0.05, 0.1) is 20.3 Å². The molecule has 172 valence electrons. The van der Waals surface area contributed by atoms with Gasteiger partial charge in [-0.05, 0) is 35.4 Å². The van der Waals surface area contributed by atoms with Crippen LogP contribution in [0.1, 0.15) is 21.5 Å². The Bertz CT molecular complexity index is 1060. The van der Waals surface area contributed by atoms with E-state index in [9.17, 15) is 4.79 Å². The van der Waals surface area contributed by atoms with Crippen molar-refractivity contribution < 1.29 is 19.0 Å². The maximum Gasteiger partial charge on any atom is 0.254 e. The Morgan fingerprint density at radius 1 is 0.970 bits per heavy atom. The summed E-state index contributed by atoms with van der Waals surface area (Å²) in [6.07, 6.45) is 0. The summed E-state index contributed by atoms with van der Waals surface area (Å²) in [5, 5.41) is 0. The zero-order valence-corrected chi connectivity index (χ0v) is 19.2. The molecular formula is C27H30N2O4. The van der Waals surface area contributed by atoms with E-state index in [4.69, 9.17) is 14.2 Å². The second kappa shape index (κ2) is 10.9. The lowest BCUT2D eigenvalue weighted by atomic mass is 10.1. The van der Waals surface area contributed by atoms with Crippen LogP contribution < -0.4 is 14.4 Å². The average molecular weight is 447 g/mol. The van der Waals surface area contributed by atoms with Gasteiger partial charge in [0.25, 0.3) is 5.91 Å². The van der Waals surface area contributed by atoms with Gasteiger partial charge in [-0.1, -0.05) is 48.5 Å². The van der Waals surface area contributed by atoms with Gasteiger partial charge in [-0.25, -0.2) is 0 Å². The molecule has 1 fully saturated rings. The Hall–Kier alpha value is -3.51. The molecule has 0 atom stereocenters. The second-order valence-corrected chi connectivity index (χ2v) is 8.03. The number of benzene rings is 3. The number of nitrogens with zero attached hydrogens (tertiary/aromatic N) is 2. The first-order valence-electron chi connectivity index (χ1n) is 11.2. The largest absolute Gasteiger partial charge is 0.493 e. The van der Waals surface area contributed by atoms with Gasteiger partial charge in [-0.15, -0.1) is 0 Å². The molecule has 3 aromatic rings. The smallest absolute Gasteiger partial charge is 0.254 e. The van der Waals surface area contributed by atoms with E-state index in [-0.39, 0.29) is 5.91 Å². The first kappa shape index (κ1) is 22.7. The topological polar surface area (TPSA) is 51.2 Å². The third-order valence-corrected chi connectivity index (χ3v) is 5.75. The van der Waals surface area contributed by atoms with Crippen molar-refractivity contribution in [2.45, 2.75) is 13.2 Å². The molecule has 1 saturated heterocycles. The van der Waals surface area contributed by atoms with Crippen LogP contribution in [-0.4, -0.2) is 51.3 Å². The Labute approximate surface area is 195 Å². The molecular weight excluding hydrogens is 416 g/mol. The van der Waals surface area contributed by atoms with Crippen molar-refractivity contribution in [3.05, 3.63) is 89.5 Å². The summed E-state index contributed by atoms with van der Waals surface area (Å²) in [7, 11) is 3.41. The SMILES string of the molecule is COc1cc(C(=O)N(C)Cc2ccccc2N2CCOCC2)ccc1OCc1ccccc1. The summed E-state index contributed by atoms with van der Waals surface area (Å²) in [5.41, 5.74) is 3.90. The number of carbonyl (C=O) groups excluding carboxylic acids is 1. The molecule has 1 aliphatic heterocycles. The minimum Gasteiger partial charge on any atom is -0.493 e. The zero-order chi connectivity index (χ0) is 23.0. The number of ether oxygens (including phenoxy) is 3. The molecule has 6 nitrogen and oxygen atoms in total. The highest BCUT2D eigenvalue weighted by molar-refractivity contribution is 5.94. The van der Waals surface area contributed by atoms with Crippen molar-refractivity contribution in [2.24, 2.45) is 0 Å². The average Bonchev–Trinajstić information content (AvgIpc) is 2.88. The van der Waals surface area contributed by atoms with Crippen LogP contribution >= 0.6 is 0 Å². The summed E-state index contributed by atoms with van der Waals surface area (Å²) >= 11 is 0. The summed E-state index contributed by atoms with van der Waals surface area (Å²) in [5.74, 6) is 1.08. The van der Waals surface area contributed by atoms with Gasteiger partial charge in [0.1, 0.15) is 6.61 Å². The second-order valence-electron chi connectivity index (χ2n) is 8.03. The van der Waals surface area contributed by atoms with Crippen molar-refractivity contribution >= 4 is 11.6 Å². The minimum atomic E-state index is -0.0697. The molecule has 0 unspecified atom stereocenters. The molecule has 33 heavy (non-hydrogen) atoms. The Morgan fingerprint density at radius 2 is 1.70 bits per heavy atom. The number of morpholine rings is 1. The molecule has 0 aromatic heterocycles. The quantitative estimate of drug-likeness (QED) is 0.514. The van der Waals surface area contributed by atoms with Crippen molar-refractivity contribution in [2.75, 3.05) is 45.4 Å². The molecule has 6 heteroatoms. The first-order chi connectivity index (χ1) is 16.2. The van der Waals surface area contributed by atoms with Crippen molar-refractivity contribution in [3.63, 3.8) is 0 Å². The van der Waals surface area contributed by atoms with Crippen molar-refractivity contribution in [3.8, 4) is 11.5 Å². The summed E-state index contributed by atoms with van der Waals surface area (Å²) in [6.45, 7) is 4.11. The lowest BCUT2D eigenvalue weighted by molar-refractivity contribution is 0.0784. The maximum atomic E-state index is 13.2. The van der Waals surface area contributed by atoms with E-state index in [1.165, 1.54) is 0 Å². The molecule has 4 rings (SSSR count). The van der Waals surface area contributed by atoms with E-state index in [2.05, 4.69) is 17.0 Å².